The van der Waals surface area contributed by atoms with E-state index in [1.165, 1.54) is 32.1 Å². The van der Waals surface area contributed by atoms with Gasteiger partial charge in [-0.3, -0.25) is 4.18 Å². The molecule has 0 aromatic rings. The molecule has 4 heterocycles. The van der Waals surface area contributed by atoms with Gasteiger partial charge >= 0.3 is 10.3 Å². The molecule has 10 heteroatoms. The van der Waals surface area contributed by atoms with E-state index in [0.29, 0.717) is 61.4 Å². The number of ether oxygens (including phenoxy) is 2. The summed E-state index contributed by atoms with van der Waals surface area (Å²) in [4.78, 5) is 0. The van der Waals surface area contributed by atoms with Gasteiger partial charge in [0.1, 0.15) is 0 Å². The SMILES string of the molecule is CC1CCC2CC3CCC4C(NNN4CCOCCCOC4CCC5OS(=O)(=O)N(CC5C4)[C@H](C)C1C2)C3C. The zero-order valence-electron chi connectivity index (χ0n) is 24.3. The predicted octanol–water partition coefficient (Wildman–Crippen LogP) is 3.48. The van der Waals surface area contributed by atoms with E-state index in [1.54, 1.807) is 4.31 Å². The zero-order chi connectivity index (χ0) is 27.1. The van der Waals surface area contributed by atoms with Gasteiger partial charge in [-0.2, -0.15) is 18.3 Å². The Labute approximate surface area is 236 Å². The van der Waals surface area contributed by atoms with Gasteiger partial charge in [0.15, 0.2) is 0 Å². The highest BCUT2D eigenvalue weighted by Crippen LogP contribution is 2.45. The molecule has 13 atom stereocenters. The van der Waals surface area contributed by atoms with Gasteiger partial charge in [0.2, 0.25) is 0 Å². The first-order chi connectivity index (χ1) is 18.8. The van der Waals surface area contributed by atoms with E-state index < -0.39 is 10.3 Å². The minimum absolute atomic E-state index is 0.0348. The van der Waals surface area contributed by atoms with Gasteiger partial charge < -0.3 is 9.47 Å². The van der Waals surface area contributed by atoms with E-state index >= 15 is 0 Å². The fraction of sp³-hybridized carbons (Fsp3) is 1.00. The average Bonchev–Trinajstić information content (AvgIpc) is 3.33. The Hall–Kier alpha value is -0.330. The second-order valence-corrected chi connectivity index (χ2v) is 15.2. The van der Waals surface area contributed by atoms with Crippen LogP contribution in [0.2, 0.25) is 0 Å². The summed E-state index contributed by atoms with van der Waals surface area (Å²) in [6, 6.07) is 0.954. The number of hydrogen-bond donors (Lipinski definition) is 2. The van der Waals surface area contributed by atoms with Gasteiger partial charge in [-0.15, -0.1) is 0 Å². The monoisotopic (exact) mass is 568 g/mol. The Balaban J connectivity index is 1.19. The summed E-state index contributed by atoms with van der Waals surface area (Å²) in [5, 5.41) is 2.37. The van der Waals surface area contributed by atoms with Crippen LogP contribution in [0, 0.1) is 35.5 Å². The van der Waals surface area contributed by atoms with E-state index in [1.807, 2.05) is 0 Å². The summed E-state index contributed by atoms with van der Waals surface area (Å²) in [5.41, 5.74) is 7.08. The van der Waals surface area contributed by atoms with Crippen molar-refractivity contribution in [3.63, 3.8) is 0 Å². The van der Waals surface area contributed by atoms with Gasteiger partial charge in [0.05, 0.1) is 18.8 Å². The molecule has 4 saturated heterocycles. The lowest BCUT2D eigenvalue weighted by molar-refractivity contribution is -0.0529. The van der Waals surface area contributed by atoms with Crippen molar-refractivity contribution < 1.29 is 22.1 Å². The highest BCUT2D eigenvalue weighted by Gasteiger charge is 2.48. The van der Waals surface area contributed by atoms with E-state index in [4.69, 9.17) is 13.7 Å². The summed E-state index contributed by atoms with van der Waals surface area (Å²) in [5.74, 6) is 3.11. The molecule has 39 heavy (non-hydrogen) atoms. The molecule has 3 aliphatic carbocycles. The molecular weight excluding hydrogens is 516 g/mol. The minimum atomic E-state index is -3.71. The third kappa shape index (κ3) is 6.10. The number of hydrazine groups is 2. The number of rotatable bonds is 0. The topological polar surface area (TPSA) is 92.4 Å². The molecule has 9 nitrogen and oxygen atoms in total. The van der Waals surface area contributed by atoms with Crippen molar-refractivity contribution in [2.24, 2.45) is 35.5 Å². The molecule has 12 unspecified atom stereocenters. The molecule has 0 amide bonds. The summed E-state index contributed by atoms with van der Waals surface area (Å²) in [7, 11) is -3.71. The van der Waals surface area contributed by atoms with Gasteiger partial charge in [-0.1, -0.05) is 26.7 Å². The lowest BCUT2D eigenvalue weighted by Gasteiger charge is -2.48. The second-order valence-electron chi connectivity index (χ2n) is 13.7. The molecule has 224 valence electrons. The standard InChI is InChI=1S/C29H52N4O5S/c1-19-5-6-22-15-23-7-9-27-29(20(23)2)30-31-32(27)11-14-36-12-4-13-37-25-8-10-28-24(17-25)18-33(39(34,35)38-28)21(3)26(19)16-22/h19-31H,4-18H2,1-3H3/t19?,20?,21-,22?,23?,24?,25?,26?,27?,28?,29?/m1/s1. The zero-order valence-corrected chi connectivity index (χ0v) is 25.1. The molecular formula is C29H52N4O5S. The molecule has 2 N–H and O–H groups in total. The second kappa shape index (κ2) is 12.1. The van der Waals surface area contributed by atoms with Crippen LogP contribution in [0.15, 0.2) is 0 Å². The molecule has 0 spiro atoms. The molecule has 7 aliphatic rings. The van der Waals surface area contributed by atoms with Crippen LogP contribution in [0.25, 0.3) is 0 Å². The lowest BCUT2D eigenvalue weighted by atomic mass is 9.65. The van der Waals surface area contributed by atoms with Crippen LogP contribution >= 0.6 is 0 Å². The smallest absolute Gasteiger partial charge is 0.338 e. The summed E-state index contributed by atoms with van der Waals surface area (Å²) in [6.45, 7) is 10.5. The first-order valence-electron chi connectivity index (χ1n) is 16.0. The van der Waals surface area contributed by atoms with Crippen molar-refractivity contribution in [3.8, 4) is 0 Å². The summed E-state index contributed by atoms with van der Waals surface area (Å²) in [6.07, 6.45) is 10.7. The van der Waals surface area contributed by atoms with Crippen LogP contribution in [0.4, 0.5) is 0 Å². The van der Waals surface area contributed by atoms with E-state index in [-0.39, 0.29) is 24.2 Å². The largest absolute Gasteiger partial charge is 0.380 e. The van der Waals surface area contributed by atoms with Gasteiger partial charge in [0.25, 0.3) is 0 Å². The number of nitrogens with zero attached hydrogens (tertiary/aromatic N) is 2. The fourth-order valence-electron chi connectivity index (χ4n) is 9.06. The Morgan fingerprint density at radius 1 is 0.872 bits per heavy atom. The van der Waals surface area contributed by atoms with E-state index in [2.05, 4.69) is 36.7 Å². The van der Waals surface area contributed by atoms with Crippen LogP contribution in [0.1, 0.15) is 85.0 Å². The molecule has 9 bridgehead atoms. The van der Waals surface area contributed by atoms with Crippen molar-refractivity contribution in [2.75, 3.05) is 32.9 Å². The minimum Gasteiger partial charge on any atom is -0.380 e. The maximum Gasteiger partial charge on any atom is 0.338 e. The highest BCUT2D eigenvalue weighted by atomic mass is 32.2. The number of nitrogens with one attached hydrogen (secondary N) is 2. The maximum atomic E-state index is 13.4. The fourth-order valence-corrected chi connectivity index (χ4v) is 10.7. The Kier molecular flexibility index (Phi) is 8.94. The molecule has 4 aliphatic heterocycles. The maximum absolute atomic E-state index is 13.4. The quantitative estimate of drug-likeness (QED) is 0.459. The highest BCUT2D eigenvalue weighted by molar-refractivity contribution is 7.84. The van der Waals surface area contributed by atoms with Crippen molar-refractivity contribution in [1.82, 2.24) is 20.3 Å². The van der Waals surface area contributed by atoms with Gasteiger partial charge in [0, 0.05) is 50.3 Å². The van der Waals surface area contributed by atoms with Crippen LogP contribution in [-0.2, 0) is 24.0 Å². The predicted molar refractivity (Wildman–Crippen MR) is 150 cm³/mol. The molecule has 0 aromatic heterocycles. The number of hydrogen-bond acceptors (Lipinski definition) is 8. The molecule has 7 fully saturated rings. The molecule has 7 rings (SSSR count). The molecule has 3 saturated carbocycles. The Morgan fingerprint density at radius 3 is 2.62 bits per heavy atom. The van der Waals surface area contributed by atoms with Crippen LogP contribution in [0.3, 0.4) is 0 Å². The van der Waals surface area contributed by atoms with Gasteiger partial charge in [-0.25, -0.2) is 10.4 Å². The van der Waals surface area contributed by atoms with Crippen molar-refractivity contribution >= 4 is 10.3 Å². The van der Waals surface area contributed by atoms with E-state index in [0.717, 1.165) is 45.3 Å². The molecule has 0 radical (unpaired) electrons. The third-order valence-electron chi connectivity index (χ3n) is 11.5. The first-order valence-corrected chi connectivity index (χ1v) is 17.3. The van der Waals surface area contributed by atoms with Gasteiger partial charge in [-0.05, 0) is 87.9 Å². The normalized spacial score (nSPS) is 51.1. The van der Waals surface area contributed by atoms with Crippen LogP contribution in [0.5, 0.6) is 0 Å². The average molecular weight is 569 g/mol. The third-order valence-corrected chi connectivity index (χ3v) is 13.0. The van der Waals surface area contributed by atoms with Crippen molar-refractivity contribution in [1.29, 1.82) is 0 Å². The lowest BCUT2D eigenvalue weighted by Crippen LogP contribution is -2.56. The summed E-state index contributed by atoms with van der Waals surface area (Å²) < 4.78 is 46.6. The van der Waals surface area contributed by atoms with Crippen LogP contribution < -0.4 is 11.0 Å². The van der Waals surface area contributed by atoms with Crippen LogP contribution in [-0.4, -0.2) is 81.0 Å². The Morgan fingerprint density at radius 2 is 1.74 bits per heavy atom. The number of fused-ring (bicyclic) bond motifs is 7. The first kappa shape index (κ1) is 28.8. The summed E-state index contributed by atoms with van der Waals surface area (Å²) >= 11 is 0. The van der Waals surface area contributed by atoms with Crippen molar-refractivity contribution in [3.05, 3.63) is 0 Å². The Bertz CT molecular complexity index is 939. The molecule has 0 aromatic carbocycles. The van der Waals surface area contributed by atoms with Crippen molar-refractivity contribution in [2.45, 2.75) is 115 Å². The van der Waals surface area contributed by atoms with E-state index in [9.17, 15) is 8.42 Å².